The van der Waals surface area contributed by atoms with E-state index in [2.05, 4.69) is 5.32 Å². The van der Waals surface area contributed by atoms with E-state index < -0.39 is 5.97 Å². The Bertz CT molecular complexity index is 855. The van der Waals surface area contributed by atoms with E-state index in [0.29, 0.717) is 36.6 Å². The van der Waals surface area contributed by atoms with Crippen LogP contribution in [-0.4, -0.2) is 54.9 Å². The fourth-order valence-corrected chi connectivity index (χ4v) is 3.42. The third-order valence-electron chi connectivity index (χ3n) is 4.32. The molecule has 0 aliphatic carbocycles. The highest BCUT2D eigenvalue weighted by molar-refractivity contribution is 8.13. The zero-order chi connectivity index (χ0) is 21.9. The van der Waals surface area contributed by atoms with Crippen molar-refractivity contribution in [2.24, 2.45) is 5.92 Å². The molecule has 30 heavy (non-hydrogen) atoms. The van der Waals surface area contributed by atoms with Crippen molar-refractivity contribution in [3.05, 3.63) is 65.7 Å². The summed E-state index contributed by atoms with van der Waals surface area (Å²) in [6.45, 7) is 2.43. The van der Waals surface area contributed by atoms with Gasteiger partial charge in [-0.2, -0.15) is 0 Å². The van der Waals surface area contributed by atoms with Gasteiger partial charge in [-0.1, -0.05) is 48.2 Å². The maximum atomic E-state index is 12.9. The summed E-state index contributed by atoms with van der Waals surface area (Å²) in [4.78, 5) is 38.5. The van der Waals surface area contributed by atoms with E-state index in [-0.39, 0.29) is 16.9 Å². The van der Waals surface area contributed by atoms with Crippen molar-refractivity contribution in [1.29, 1.82) is 0 Å². The van der Waals surface area contributed by atoms with Gasteiger partial charge in [0.25, 0.3) is 0 Å². The molecule has 1 amide bonds. The maximum absolute atomic E-state index is 12.9. The van der Waals surface area contributed by atoms with E-state index in [1.807, 2.05) is 49.3 Å². The molecule has 6 nitrogen and oxygen atoms in total. The summed E-state index contributed by atoms with van der Waals surface area (Å²) in [7, 11) is 3.81. The van der Waals surface area contributed by atoms with Crippen LogP contribution >= 0.6 is 11.8 Å². The molecule has 1 atom stereocenters. The number of carbonyl (C=O) groups is 3. The third-order valence-corrected chi connectivity index (χ3v) is 5.30. The zero-order valence-corrected chi connectivity index (χ0v) is 18.4. The van der Waals surface area contributed by atoms with E-state index in [1.165, 1.54) is 6.92 Å². The molecule has 0 aliphatic heterocycles. The minimum atomic E-state index is -0.430. The number of carbonyl (C=O) groups excluding carboxylic acids is 3. The van der Waals surface area contributed by atoms with E-state index in [1.54, 1.807) is 24.3 Å². The molecule has 0 saturated heterocycles. The summed E-state index contributed by atoms with van der Waals surface area (Å²) in [6.07, 6.45) is 0.527. The quantitative estimate of drug-likeness (QED) is 0.584. The number of nitrogens with zero attached hydrogens (tertiary/aromatic N) is 1. The molecule has 1 N–H and O–H groups in total. The summed E-state index contributed by atoms with van der Waals surface area (Å²) < 4.78 is 5.26. The van der Waals surface area contributed by atoms with Crippen LogP contribution in [0, 0.1) is 5.92 Å². The van der Waals surface area contributed by atoms with Gasteiger partial charge in [0.2, 0.25) is 5.91 Å². The molecule has 0 heterocycles. The van der Waals surface area contributed by atoms with Gasteiger partial charge in [-0.3, -0.25) is 9.59 Å². The largest absolute Gasteiger partial charge is 0.461 e. The lowest BCUT2D eigenvalue weighted by Gasteiger charge is -2.16. The normalized spacial score (nSPS) is 11.7. The van der Waals surface area contributed by atoms with Crippen molar-refractivity contribution >= 4 is 34.4 Å². The lowest BCUT2D eigenvalue weighted by Crippen LogP contribution is -2.27. The van der Waals surface area contributed by atoms with Gasteiger partial charge in [0, 0.05) is 24.9 Å². The molecule has 0 bridgehead atoms. The Labute approximate surface area is 182 Å². The van der Waals surface area contributed by atoms with Gasteiger partial charge < -0.3 is 15.0 Å². The number of thioether (sulfide) groups is 1. The number of benzene rings is 2. The molecule has 0 radical (unpaired) electrons. The third kappa shape index (κ3) is 8.39. The van der Waals surface area contributed by atoms with Crippen LogP contribution in [0.25, 0.3) is 0 Å². The first-order valence-corrected chi connectivity index (χ1v) is 10.7. The predicted molar refractivity (Wildman–Crippen MR) is 121 cm³/mol. The first kappa shape index (κ1) is 23.6. The Hall–Kier alpha value is -2.64. The van der Waals surface area contributed by atoms with Crippen LogP contribution in [0.4, 0.5) is 5.69 Å². The number of anilines is 1. The van der Waals surface area contributed by atoms with Crippen LogP contribution in [0.3, 0.4) is 0 Å². The molecule has 7 heteroatoms. The summed E-state index contributed by atoms with van der Waals surface area (Å²) in [5.74, 6) is -0.605. The summed E-state index contributed by atoms with van der Waals surface area (Å²) in [6, 6.07) is 16.4. The van der Waals surface area contributed by atoms with Crippen LogP contribution in [0.1, 0.15) is 22.8 Å². The number of likely N-dealkylation sites (N-methyl/N-ethyl adjacent to an activating group) is 1. The average molecular weight is 429 g/mol. The van der Waals surface area contributed by atoms with Crippen molar-refractivity contribution in [1.82, 2.24) is 4.90 Å². The Balaban J connectivity index is 2.04. The van der Waals surface area contributed by atoms with Crippen molar-refractivity contribution in [3.8, 4) is 0 Å². The molecular weight excluding hydrogens is 400 g/mol. The zero-order valence-electron chi connectivity index (χ0n) is 17.6. The summed E-state index contributed by atoms with van der Waals surface area (Å²) in [5.41, 5.74) is 1.93. The van der Waals surface area contributed by atoms with Gasteiger partial charge in [-0.15, -0.1) is 0 Å². The number of ether oxygens (including phenoxy) is 1. The standard InChI is InChI=1S/C23H28N2O4S/c1-17(26)30-16-20(14-18-8-5-4-6-9-18)22(27)24-21-11-7-10-19(15-21)23(28)29-13-12-25(2)3/h4-11,15,20H,12-14,16H2,1-3H3,(H,24,27). The molecule has 2 aromatic rings. The fourth-order valence-electron chi connectivity index (χ4n) is 2.72. The summed E-state index contributed by atoms with van der Waals surface area (Å²) >= 11 is 1.14. The molecule has 0 spiro atoms. The van der Waals surface area contributed by atoms with Crippen molar-refractivity contribution in [2.45, 2.75) is 13.3 Å². The first-order valence-electron chi connectivity index (χ1n) is 9.75. The second kappa shape index (κ2) is 12.1. The number of amides is 1. The Morgan fingerprint density at radius 2 is 1.80 bits per heavy atom. The lowest BCUT2D eigenvalue weighted by molar-refractivity contribution is -0.119. The average Bonchev–Trinajstić information content (AvgIpc) is 2.71. The second-order valence-corrected chi connectivity index (χ2v) is 8.40. The predicted octanol–water partition coefficient (Wildman–Crippen LogP) is 3.48. The number of nitrogens with one attached hydrogen (secondary N) is 1. The van der Waals surface area contributed by atoms with E-state index >= 15 is 0 Å². The molecule has 0 fully saturated rings. The lowest BCUT2D eigenvalue weighted by atomic mass is 10.00. The minimum absolute atomic E-state index is 0.0247. The first-order chi connectivity index (χ1) is 14.3. The van der Waals surface area contributed by atoms with Crippen molar-refractivity contribution in [2.75, 3.05) is 38.3 Å². The van der Waals surface area contributed by atoms with Crippen LogP contribution in [0.5, 0.6) is 0 Å². The van der Waals surface area contributed by atoms with Crippen LogP contribution in [0.15, 0.2) is 54.6 Å². The Morgan fingerprint density at radius 3 is 2.47 bits per heavy atom. The highest BCUT2D eigenvalue weighted by atomic mass is 32.2. The van der Waals surface area contributed by atoms with Gasteiger partial charge in [0.1, 0.15) is 6.61 Å². The Kier molecular flexibility index (Phi) is 9.57. The van der Waals surface area contributed by atoms with Crippen molar-refractivity contribution < 1.29 is 19.1 Å². The number of hydrogen-bond acceptors (Lipinski definition) is 6. The van der Waals surface area contributed by atoms with E-state index in [4.69, 9.17) is 4.74 Å². The molecule has 160 valence electrons. The molecule has 2 rings (SSSR count). The maximum Gasteiger partial charge on any atom is 0.338 e. The number of rotatable bonds is 10. The van der Waals surface area contributed by atoms with Gasteiger partial charge >= 0.3 is 5.97 Å². The highest BCUT2D eigenvalue weighted by Crippen LogP contribution is 2.19. The van der Waals surface area contributed by atoms with Gasteiger partial charge in [-0.05, 0) is 44.3 Å². The molecular formula is C23H28N2O4S. The van der Waals surface area contributed by atoms with Gasteiger partial charge in [0.05, 0.1) is 11.5 Å². The molecule has 0 aromatic heterocycles. The second-order valence-electron chi connectivity index (χ2n) is 7.20. The SMILES string of the molecule is CC(=O)SCC(Cc1ccccc1)C(=O)Nc1cccc(C(=O)OCCN(C)C)c1. The van der Waals surface area contributed by atoms with Crippen LogP contribution in [-0.2, 0) is 20.7 Å². The van der Waals surface area contributed by atoms with Gasteiger partial charge in [-0.25, -0.2) is 4.79 Å². The van der Waals surface area contributed by atoms with Crippen molar-refractivity contribution in [3.63, 3.8) is 0 Å². The van der Waals surface area contributed by atoms with Gasteiger partial charge in [0.15, 0.2) is 5.12 Å². The summed E-state index contributed by atoms with van der Waals surface area (Å²) in [5, 5.41) is 2.85. The van der Waals surface area contributed by atoms with E-state index in [9.17, 15) is 14.4 Å². The monoisotopic (exact) mass is 428 g/mol. The molecule has 0 saturated carbocycles. The van der Waals surface area contributed by atoms with Crippen LogP contribution < -0.4 is 5.32 Å². The van der Waals surface area contributed by atoms with Crippen LogP contribution in [0.2, 0.25) is 0 Å². The van der Waals surface area contributed by atoms with E-state index in [0.717, 1.165) is 17.3 Å². The fraction of sp³-hybridized carbons (Fsp3) is 0.348. The topological polar surface area (TPSA) is 75.7 Å². The number of hydrogen-bond donors (Lipinski definition) is 1. The molecule has 1 unspecified atom stereocenters. The highest BCUT2D eigenvalue weighted by Gasteiger charge is 2.21. The molecule has 2 aromatic carbocycles. The molecule has 0 aliphatic rings. The Morgan fingerprint density at radius 1 is 1.07 bits per heavy atom. The smallest absolute Gasteiger partial charge is 0.338 e. The number of esters is 1. The minimum Gasteiger partial charge on any atom is -0.461 e.